The minimum absolute atomic E-state index is 0.131. The molecular weight excluding hydrogens is 463 g/mol. The predicted octanol–water partition coefficient (Wildman–Crippen LogP) is 4.41. The first-order chi connectivity index (χ1) is 17.1. The number of rotatable bonds is 7. The van der Waals surface area contributed by atoms with Crippen molar-refractivity contribution in [3.63, 3.8) is 0 Å². The monoisotopic (exact) mass is 486 g/mol. The van der Waals surface area contributed by atoms with Gasteiger partial charge >= 0.3 is 0 Å². The second-order valence-corrected chi connectivity index (χ2v) is 8.48. The van der Waals surface area contributed by atoms with Crippen LogP contribution in [-0.4, -0.2) is 37.0 Å². The highest BCUT2D eigenvalue weighted by atomic mass is 32.1. The number of amides is 1. The first kappa shape index (κ1) is 22.7. The number of hydrogen-bond donors (Lipinski definition) is 2. The third-order valence-electron chi connectivity index (χ3n) is 5.90. The normalized spacial score (nSPS) is 17.3. The fraction of sp³-hybridized carbons (Fsp3) is 0.154. The van der Waals surface area contributed by atoms with Gasteiger partial charge in [-0.2, -0.15) is 0 Å². The molecule has 2 N–H and O–H groups in total. The van der Waals surface area contributed by atoms with Crippen LogP contribution in [0.1, 0.15) is 29.9 Å². The van der Waals surface area contributed by atoms with Gasteiger partial charge in [-0.25, -0.2) is 9.37 Å². The Morgan fingerprint density at radius 3 is 2.51 bits per heavy atom. The lowest BCUT2D eigenvalue weighted by Crippen LogP contribution is -2.33. The number of benzene rings is 1. The molecule has 0 spiro atoms. The molecular formula is C26H23FN6OS. The van der Waals surface area contributed by atoms with Crippen molar-refractivity contribution in [2.45, 2.75) is 18.5 Å². The Morgan fingerprint density at radius 2 is 1.77 bits per heavy atom. The van der Waals surface area contributed by atoms with Crippen molar-refractivity contribution >= 4 is 28.9 Å². The molecule has 1 amide bonds. The summed E-state index contributed by atoms with van der Waals surface area (Å²) >= 11 is 5.70. The predicted molar refractivity (Wildman–Crippen MR) is 135 cm³/mol. The molecule has 9 heteroatoms. The summed E-state index contributed by atoms with van der Waals surface area (Å²) in [4.78, 5) is 23.7. The maximum atomic E-state index is 14.0. The number of nitrogens with one attached hydrogen (secondary N) is 2. The molecule has 1 saturated heterocycles. The van der Waals surface area contributed by atoms with Crippen molar-refractivity contribution < 1.29 is 9.18 Å². The van der Waals surface area contributed by atoms with Crippen molar-refractivity contribution in [2.75, 3.05) is 11.9 Å². The Morgan fingerprint density at radius 1 is 1.00 bits per heavy atom. The van der Waals surface area contributed by atoms with E-state index in [9.17, 15) is 9.18 Å². The molecule has 0 aliphatic carbocycles. The lowest BCUT2D eigenvalue weighted by atomic mass is 10.0. The molecule has 1 aliphatic heterocycles. The first-order valence-corrected chi connectivity index (χ1v) is 11.6. The Balaban J connectivity index is 1.44. The molecule has 0 bridgehead atoms. The fourth-order valence-electron chi connectivity index (χ4n) is 4.31. The zero-order valence-electron chi connectivity index (χ0n) is 18.7. The minimum atomic E-state index is -0.472. The zero-order valence-corrected chi connectivity index (χ0v) is 19.5. The van der Waals surface area contributed by atoms with Gasteiger partial charge in [-0.15, -0.1) is 0 Å². The van der Waals surface area contributed by atoms with Crippen LogP contribution in [0.25, 0.3) is 5.82 Å². The summed E-state index contributed by atoms with van der Waals surface area (Å²) in [6.07, 6.45) is 5.58. The van der Waals surface area contributed by atoms with Crippen molar-refractivity contribution in [3.05, 3.63) is 109 Å². The van der Waals surface area contributed by atoms with E-state index in [1.54, 1.807) is 24.5 Å². The van der Waals surface area contributed by atoms with E-state index in [1.165, 1.54) is 12.1 Å². The summed E-state index contributed by atoms with van der Waals surface area (Å²) in [6.45, 7) is 0.341. The summed E-state index contributed by atoms with van der Waals surface area (Å²) in [5, 5.41) is 6.56. The van der Waals surface area contributed by atoms with E-state index in [1.807, 2.05) is 64.2 Å². The highest BCUT2D eigenvalue weighted by molar-refractivity contribution is 7.80. The third-order valence-corrected chi connectivity index (χ3v) is 6.26. The molecule has 4 heterocycles. The highest BCUT2D eigenvalue weighted by Crippen LogP contribution is 2.39. The summed E-state index contributed by atoms with van der Waals surface area (Å²) in [5.41, 5.74) is 1.96. The maximum Gasteiger partial charge on any atom is 0.226 e. The van der Waals surface area contributed by atoms with Crippen LogP contribution in [0.2, 0.25) is 0 Å². The van der Waals surface area contributed by atoms with E-state index in [0.717, 1.165) is 17.2 Å². The van der Waals surface area contributed by atoms with Crippen LogP contribution < -0.4 is 10.6 Å². The van der Waals surface area contributed by atoms with Crippen LogP contribution in [0, 0.1) is 5.82 Å². The second-order valence-electron chi connectivity index (χ2n) is 8.09. The largest absolute Gasteiger partial charge is 0.352 e. The number of aromatic nitrogens is 3. The number of pyridine rings is 2. The molecule has 176 valence electrons. The summed E-state index contributed by atoms with van der Waals surface area (Å²) < 4.78 is 16.0. The van der Waals surface area contributed by atoms with E-state index >= 15 is 0 Å². The van der Waals surface area contributed by atoms with Crippen molar-refractivity contribution in [1.29, 1.82) is 0 Å². The molecule has 35 heavy (non-hydrogen) atoms. The lowest BCUT2D eigenvalue weighted by Gasteiger charge is -2.28. The summed E-state index contributed by atoms with van der Waals surface area (Å²) in [5.74, 6) is 0.0147. The van der Waals surface area contributed by atoms with Crippen LogP contribution in [0.15, 0.2) is 91.4 Å². The van der Waals surface area contributed by atoms with Gasteiger partial charge in [0, 0.05) is 37.3 Å². The van der Waals surface area contributed by atoms with E-state index in [-0.39, 0.29) is 30.1 Å². The van der Waals surface area contributed by atoms with Gasteiger partial charge < -0.3 is 20.1 Å². The Hall–Kier alpha value is -4.11. The number of nitrogens with zero attached hydrogens (tertiary/aromatic N) is 4. The average molecular weight is 487 g/mol. The van der Waals surface area contributed by atoms with Crippen LogP contribution >= 0.6 is 12.2 Å². The molecule has 0 unspecified atom stereocenters. The molecule has 1 aromatic carbocycles. The Labute approximate surface area is 207 Å². The number of carbonyl (C=O) groups excluding carboxylic acids is 1. The molecule has 0 radical (unpaired) electrons. The smallest absolute Gasteiger partial charge is 0.226 e. The van der Waals surface area contributed by atoms with Gasteiger partial charge in [-0.1, -0.05) is 24.3 Å². The standard InChI is InChI=1S/C26H23FN6OS/c27-18-8-1-2-9-19(18)30-23(34)13-17-33-25(24(31-26(33)35)20-10-3-5-14-28-20)21-11-7-16-32(21)22-12-4-6-15-29-22/h1-12,14-16,24-25H,13,17H2,(H,30,34)(H,31,35)/t24-,25+/m0/s1. The van der Waals surface area contributed by atoms with Gasteiger partial charge in [0.1, 0.15) is 11.6 Å². The van der Waals surface area contributed by atoms with Gasteiger partial charge in [0.2, 0.25) is 5.91 Å². The third kappa shape index (κ3) is 4.76. The van der Waals surface area contributed by atoms with Gasteiger partial charge in [-0.05, 0) is 60.7 Å². The van der Waals surface area contributed by atoms with E-state index < -0.39 is 5.82 Å². The van der Waals surface area contributed by atoms with Crippen LogP contribution in [0.5, 0.6) is 0 Å². The van der Waals surface area contributed by atoms with Crippen LogP contribution in [0.3, 0.4) is 0 Å². The molecule has 4 aromatic rings. The minimum Gasteiger partial charge on any atom is -0.352 e. The average Bonchev–Trinajstić information content (AvgIpc) is 3.49. The molecule has 1 fully saturated rings. The Kier molecular flexibility index (Phi) is 6.49. The highest BCUT2D eigenvalue weighted by Gasteiger charge is 2.41. The van der Waals surface area contributed by atoms with E-state index in [2.05, 4.69) is 20.6 Å². The Bertz CT molecular complexity index is 1330. The number of thiocarbonyl (C=S) groups is 1. The molecule has 3 aromatic heterocycles. The van der Waals surface area contributed by atoms with Crippen LogP contribution in [0.4, 0.5) is 10.1 Å². The SMILES string of the molecule is O=C(CCN1C(=S)N[C@@H](c2ccccn2)[C@H]1c1cccn1-c1ccccn1)Nc1ccccc1F. The lowest BCUT2D eigenvalue weighted by molar-refractivity contribution is -0.116. The topological polar surface area (TPSA) is 75.1 Å². The quantitative estimate of drug-likeness (QED) is 0.377. The fourth-order valence-corrected chi connectivity index (χ4v) is 4.64. The first-order valence-electron chi connectivity index (χ1n) is 11.2. The van der Waals surface area contributed by atoms with Gasteiger partial charge in [-0.3, -0.25) is 9.78 Å². The van der Waals surface area contributed by atoms with Gasteiger partial charge in [0.05, 0.1) is 23.5 Å². The van der Waals surface area contributed by atoms with Gasteiger partial charge in [0.15, 0.2) is 5.11 Å². The van der Waals surface area contributed by atoms with Gasteiger partial charge in [0.25, 0.3) is 0 Å². The molecule has 1 aliphatic rings. The number of halogens is 1. The van der Waals surface area contributed by atoms with Crippen molar-refractivity contribution in [2.24, 2.45) is 0 Å². The number of para-hydroxylation sites is 1. The number of hydrogen-bond acceptors (Lipinski definition) is 4. The number of anilines is 1. The summed E-state index contributed by atoms with van der Waals surface area (Å²) in [6, 6.07) is 21.1. The van der Waals surface area contributed by atoms with E-state index in [4.69, 9.17) is 12.2 Å². The summed E-state index contributed by atoms with van der Waals surface area (Å²) in [7, 11) is 0. The molecule has 2 atom stereocenters. The second kappa shape index (κ2) is 10.0. The van der Waals surface area contributed by atoms with Crippen molar-refractivity contribution in [1.82, 2.24) is 24.8 Å². The zero-order chi connectivity index (χ0) is 24.2. The van der Waals surface area contributed by atoms with Crippen LogP contribution in [-0.2, 0) is 4.79 Å². The molecule has 5 rings (SSSR count). The van der Waals surface area contributed by atoms with Crippen molar-refractivity contribution in [3.8, 4) is 5.82 Å². The molecule has 7 nitrogen and oxygen atoms in total. The number of carbonyl (C=O) groups is 1. The molecule has 0 saturated carbocycles. The maximum absolute atomic E-state index is 14.0. The van der Waals surface area contributed by atoms with E-state index in [0.29, 0.717) is 11.7 Å².